The number of rotatable bonds is 4. The molecule has 0 radical (unpaired) electrons. The number of nitrogens with zero attached hydrogens (tertiary/aromatic N) is 1. The van der Waals surface area contributed by atoms with Gasteiger partial charge in [-0.15, -0.1) is 0 Å². The average molecular weight is 357 g/mol. The Balaban J connectivity index is 2.02. The van der Waals surface area contributed by atoms with Crippen LogP contribution in [0.2, 0.25) is 0 Å². The van der Waals surface area contributed by atoms with Crippen molar-refractivity contribution < 1.29 is 19.1 Å². The molecule has 2 aliphatic heterocycles. The normalized spacial score (nSPS) is 19.2. The number of carbonyl (C=O) groups excluding carboxylic acids is 2. The lowest BCUT2D eigenvalue weighted by Crippen LogP contribution is -2.41. The molecule has 2 N–H and O–H groups in total. The number of hydrogen-bond acceptors (Lipinski definition) is 6. The monoisotopic (exact) mass is 357 g/mol. The highest BCUT2D eigenvalue weighted by molar-refractivity contribution is 6.24. The highest BCUT2D eigenvalue weighted by atomic mass is 16.5. The number of nitrogens with one attached hydrogen (secondary N) is 2. The average Bonchev–Trinajstić information content (AvgIpc) is 3.12. The number of benzene rings is 1. The van der Waals surface area contributed by atoms with E-state index in [1.165, 1.54) is 0 Å². The number of ether oxygens (including phenoxy) is 2. The molecule has 0 aliphatic carbocycles. The molecule has 0 spiro atoms. The molecule has 1 fully saturated rings. The minimum atomic E-state index is -0.518. The van der Waals surface area contributed by atoms with Crippen molar-refractivity contribution in [2.45, 2.75) is 39.2 Å². The van der Waals surface area contributed by atoms with E-state index in [9.17, 15) is 9.59 Å². The number of esters is 1. The van der Waals surface area contributed by atoms with E-state index in [0.29, 0.717) is 30.8 Å². The van der Waals surface area contributed by atoms with Crippen molar-refractivity contribution >= 4 is 29.1 Å². The summed E-state index contributed by atoms with van der Waals surface area (Å²) in [4.78, 5) is 29.7. The second-order valence-corrected chi connectivity index (χ2v) is 6.02. The predicted molar refractivity (Wildman–Crippen MR) is 98.2 cm³/mol. The first-order valence-corrected chi connectivity index (χ1v) is 8.91. The lowest BCUT2D eigenvalue weighted by molar-refractivity contribution is -0.137. The van der Waals surface area contributed by atoms with Crippen molar-refractivity contribution in [3.05, 3.63) is 35.5 Å². The van der Waals surface area contributed by atoms with Crippen LogP contribution in [-0.2, 0) is 19.1 Å². The number of allylic oxidation sites excluding steroid dienone is 1. The molecular weight excluding hydrogens is 334 g/mol. The largest absolute Gasteiger partial charge is 0.462 e. The van der Waals surface area contributed by atoms with Crippen LogP contribution in [0.15, 0.2) is 40.5 Å². The van der Waals surface area contributed by atoms with E-state index >= 15 is 0 Å². The fourth-order valence-electron chi connectivity index (χ4n) is 2.98. The van der Waals surface area contributed by atoms with Gasteiger partial charge in [0.15, 0.2) is 0 Å². The molecule has 7 nitrogen and oxygen atoms in total. The Kier molecular flexibility index (Phi) is 5.68. The van der Waals surface area contributed by atoms with Crippen LogP contribution < -0.4 is 10.6 Å². The number of fused-ring (bicyclic) bond motifs is 1. The van der Waals surface area contributed by atoms with Crippen LogP contribution in [0.25, 0.3) is 0 Å². The summed E-state index contributed by atoms with van der Waals surface area (Å²) in [5.74, 6) is -0.618. The molecule has 1 atom stereocenters. The highest BCUT2D eigenvalue weighted by Gasteiger charge is 2.30. The summed E-state index contributed by atoms with van der Waals surface area (Å²) < 4.78 is 10.6. The minimum absolute atomic E-state index is 0.193. The SMILES string of the molecule is CCOC(=O)C1=C(CC)Nc2ccccc2N=C1NC(=O)[C@@H]1CCCO1. The van der Waals surface area contributed by atoms with E-state index in [1.54, 1.807) is 6.92 Å². The molecule has 138 valence electrons. The van der Waals surface area contributed by atoms with Gasteiger partial charge < -0.3 is 20.1 Å². The van der Waals surface area contributed by atoms with E-state index in [0.717, 1.165) is 12.1 Å². The van der Waals surface area contributed by atoms with Crippen LogP contribution in [0.4, 0.5) is 11.4 Å². The smallest absolute Gasteiger partial charge is 0.343 e. The van der Waals surface area contributed by atoms with Crippen molar-refractivity contribution in [2.24, 2.45) is 4.99 Å². The standard InChI is InChI=1S/C19H23N3O4/c1-3-12-16(19(24)25-4-2)17(22-18(23)15-10-7-11-26-15)21-14-9-6-5-8-13(14)20-12/h5-6,8-9,15,20H,3-4,7,10-11H2,1-2H3,(H,21,22,23)/t15-/m0/s1. The van der Waals surface area contributed by atoms with Gasteiger partial charge in [-0.25, -0.2) is 9.79 Å². The van der Waals surface area contributed by atoms with Crippen molar-refractivity contribution in [3.63, 3.8) is 0 Å². The summed E-state index contributed by atoms with van der Waals surface area (Å²) in [5, 5.41) is 6.04. The molecular formula is C19H23N3O4. The van der Waals surface area contributed by atoms with Crippen molar-refractivity contribution in [2.75, 3.05) is 18.5 Å². The number of amidine groups is 1. The first-order chi connectivity index (χ1) is 12.6. The molecule has 1 saturated heterocycles. The number of amides is 1. The Bertz CT molecular complexity index is 764. The predicted octanol–water partition coefficient (Wildman–Crippen LogP) is 2.66. The zero-order chi connectivity index (χ0) is 18.5. The second-order valence-electron chi connectivity index (χ2n) is 6.02. The summed E-state index contributed by atoms with van der Waals surface area (Å²) in [5.41, 5.74) is 2.31. The van der Waals surface area contributed by atoms with Crippen LogP contribution >= 0.6 is 0 Å². The number of hydrogen-bond donors (Lipinski definition) is 2. The fourth-order valence-corrected chi connectivity index (χ4v) is 2.98. The summed E-state index contributed by atoms with van der Waals surface area (Å²) in [6, 6.07) is 7.43. The van der Waals surface area contributed by atoms with Crippen LogP contribution in [0.1, 0.15) is 33.1 Å². The molecule has 1 aromatic carbocycles. The van der Waals surface area contributed by atoms with E-state index in [2.05, 4.69) is 15.6 Å². The van der Waals surface area contributed by atoms with E-state index < -0.39 is 12.1 Å². The summed E-state index contributed by atoms with van der Waals surface area (Å²) in [7, 11) is 0. The molecule has 0 aromatic heterocycles. The third-order valence-electron chi connectivity index (χ3n) is 4.26. The van der Waals surface area contributed by atoms with Gasteiger partial charge in [-0.2, -0.15) is 0 Å². The van der Waals surface area contributed by atoms with Gasteiger partial charge in [-0.1, -0.05) is 19.1 Å². The van der Waals surface area contributed by atoms with Gasteiger partial charge in [-0.3, -0.25) is 4.79 Å². The first-order valence-electron chi connectivity index (χ1n) is 8.91. The topological polar surface area (TPSA) is 89.0 Å². The summed E-state index contributed by atoms with van der Waals surface area (Å²) >= 11 is 0. The number of para-hydroxylation sites is 2. The van der Waals surface area contributed by atoms with Gasteiger partial charge in [0.05, 0.1) is 18.0 Å². The van der Waals surface area contributed by atoms with Crippen LogP contribution in [0, 0.1) is 0 Å². The Morgan fingerprint density at radius 1 is 1.35 bits per heavy atom. The molecule has 2 heterocycles. The minimum Gasteiger partial charge on any atom is -0.462 e. The molecule has 7 heteroatoms. The highest BCUT2D eigenvalue weighted by Crippen LogP contribution is 2.31. The molecule has 1 aromatic rings. The zero-order valence-electron chi connectivity index (χ0n) is 15.0. The van der Waals surface area contributed by atoms with E-state index in [1.807, 2.05) is 31.2 Å². The summed E-state index contributed by atoms with van der Waals surface area (Å²) in [6.45, 7) is 4.47. The zero-order valence-corrected chi connectivity index (χ0v) is 15.0. The molecule has 3 rings (SSSR count). The second kappa shape index (κ2) is 8.14. The molecule has 0 unspecified atom stereocenters. The third kappa shape index (κ3) is 3.77. The van der Waals surface area contributed by atoms with Crippen LogP contribution in [0.3, 0.4) is 0 Å². The van der Waals surface area contributed by atoms with Gasteiger partial charge in [-0.05, 0) is 38.3 Å². The van der Waals surface area contributed by atoms with Crippen molar-refractivity contribution in [1.82, 2.24) is 5.32 Å². The molecule has 0 bridgehead atoms. The lowest BCUT2D eigenvalue weighted by Gasteiger charge is -2.16. The Morgan fingerprint density at radius 3 is 2.85 bits per heavy atom. The molecule has 26 heavy (non-hydrogen) atoms. The van der Waals surface area contributed by atoms with Gasteiger partial charge in [0.25, 0.3) is 5.91 Å². The van der Waals surface area contributed by atoms with Gasteiger partial charge >= 0.3 is 5.97 Å². The van der Waals surface area contributed by atoms with E-state index in [-0.39, 0.29) is 23.9 Å². The number of aliphatic imine (C=N–C) groups is 1. The van der Waals surface area contributed by atoms with Gasteiger partial charge in [0.2, 0.25) is 0 Å². The maximum atomic E-state index is 12.6. The molecule has 2 aliphatic rings. The Labute approximate surface area is 152 Å². The maximum Gasteiger partial charge on any atom is 0.343 e. The van der Waals surface area contributed by atoms with Gasteiger partial charge in [0, 0.05) is 12.3 Å². The number of anilines is 1. The van der Waals surface area contributed by atoms with Crippen molar-refractivity contribution in [1.29, 1.82) is 0 Å². The van der Waals surface area contributed by atoms with Crippen LogP contribution in [-0.4, -0.2) is 37.0 Å². The first kappa shape index (κ1) is 18.1. The Hall–Kier alpha value is -2.67. The lowest BCUT2D eigenvalue weighted by atomic mass is 10.1. The van der Waals surface area contributed by atoms with E-state index in [4.69, 9.17) is 9.47 Å². The van der Waals surface area contributed by atoms with Gasteiger partial charge in [0.1, 0.15) is 17.5 Å². The molecule has 0 saturated carbocycles. The third-order valence-corrected chi connectivity index (χ3v) is 4.26. The quantitative estimate of drug-likeness (QED) is 0.809. The van der Waals surface area contributed by atoms with Crippen molar-refractivity contribution in [3.8, 4) is 0 Å². The number of carbonyl (C=O) groups is 2. The molecule has 1 amide bonds. The fraction of sp³-hybridized carbons (Fsp3) is 0.421. The maximum absolute atomic E-state index is 12.6. The summed E-state index contributed by atoms with van der Waals surface area (Å²) in [6.07, 6.45) is 1.54. The Morgan fingerprint density at radius 2 is 2.15 bits per heavy atom. The van der Waals surface area contributed by atoms with Crippen LogP contribution in [0.5, 0.6) is 0 Å².